The Kier molecular flexibility index (Phi) is 6.45. The number of ether oxygens (including phenoxy) is 2. The van der Waals surface area contributed by atoms with E-state index in [4.69, 9.17) is 16.3 Å². The second-order valence-corrected chi connectivity index (χ2v) is 5.23. The number of esters is 1. The van der Waals surface area contributed by atoms with E-state index in [-0.39, 0.29) is 12.8 Å². The largest absolute Gasteiger partial charge is 0.473 e. The molecule has 0 aliphatic heterocycles. The molecule has 0 bridgehead atoms. The third-order valence-electron chi connectivity index (χ3n) is 3.11. The average molecular weight is 349 g/mol. The molecule has 0 aliphatic rings. The molecule has 2 aromatic carbocycles. The van der Waals surface area contributed by atoms with Gasteiger partial charge in [-0.3, -0.25) is 0 Å². The lowest BCUT2D eigenvalue weighted by Gasteiger charge is -2.09. The van der Waals surface area contributed by atoms with Gasteiger partial charge in [0.05, 0.1) is 12.7 Å². The number of urea groups is 1. The van der Waals surface area contributed by atoms with Crippen LogP contribution in [0.3, 0.4) is 0 Å². The Morgan fingerprint density at radius 3 is 2.29 bits per heavy atom. The summed E-state index contributed by atoms with van der Waals surface area (Å²) in [6.45, 7) is 0.364. The molecular weight excluding hydrogens is 332 g/mol. The predicted molar refractivity (Wildman–Crippen MR) is 90.1 cm³/mol. The first-order chi connectivity index (χ1) is 11.6. The van der Waals surface area contributed by atoms with Gasteiger partial charge in [-0.2, -0.15) is 0 Å². The molecule has 0 saturated carbocycles. The van der Waals surface area contributed by atoms with Crippen molar-refractivity contribution in [1.29, 1.82) is 0 Å². The van der Waals surface area contributed by atoms with E-state index in [1.807, 2.05) is 0 Å². The van der Waals surface area contributed by atoms with Crippen molar-refractivity contribution in [2.45, 2.75) is 6.54 Å². The summed E-state index contributed by atoms with van der Waals surface area (Å²) in [7, 11) is 1.33. The number of amides is 2. The van der Waals surface area contributed by atoms with Gasteiger partial charge in [-0.25, -0.2) is 9.59 Å². The summed E-state index contributed by atoms with van der Waals surface area (Å²) < 4.78 is 9.98. The first-order valence-electron chi connectivity index (χ1n) is 7.16. The molecule has 0 fully saturated rings. The van der Waals surface area contributed by atoms with Crippen molar-refractivity contribution in [2.24, 2.45) is 0 Å². The van der Waals surface area contributed by atoms with Gasteiger partial charge in [0.2, 0.25) is 0 Å². The van der Waals surface area contributed by atoms with Crippen LogP contribution in [0.25, 0.3) is 0 Å². The smallest absolute Gasteiger partial charge is 0.337 e. The molecule has 0 aliphatic carbocycles. The van der Waals surface area contributed by atoms with Crippen LogP contribution < -0.4 is 15.4 Å². The lowest BCUT2D eigenvalue weighted by atomic mass is 10.1. The fourth-order valence-corrected chi connectivity index (χ4v) is 1.96. The molecule has 126 valence electrons. The summed E-state index contributed by atoms with van der Waals surface area (Å²) in [6, 6.07) is 13.3. The molecule has 2 rings (SSSR count). The number of benzene rings is 2. The number of halogens is 1. The van der Waals surface area contributed by atoms with Gasteiger partial charge in [-0.1, -0.05) is 23.7 Å². The molecule has 2 aromatic rings. The second-order valence-electron chi connectivity index (χ2n) is 4.79. The molecule has 0 aromatic heterocycles. The molecule has 0 atom stereocenters. The van der Waals surface area contributed by atoms with Crippen molar-refractivity contribution >= 4 is 23.6 Å². The van der Waals surface area contributed by atoms with Gasteiger partial charge in [0.1, 0.15) is 5.75 Å². The monoisotopic (exact) mass is 348 g/mol. The number of nitrogens with one attached hydrogen (secondary N) is 2. The number of rotatable bonds is 6. The molecule has 0 unspecified atom stereocenters. The van der Waals surface area contributed by atoms with Crippen molar-refractivity contribution in [3.05, 3.63) is 64.7 Å². The van der Waals surface area contributed by atoms with Crippen LogP contribution in [0.4, 0.5) is 4.79 Å². The number of hydrogen-bond donors (Lipinski definition) is 2. The van der Waals surface area contributed by atoms with Crippen LogP contribution in [0.15, 0.2) is 48.5 Å². The van der Waals surface area contributed by atoms with E-state index >= 15 is 0 Å². The van der Waals surface area contributed by atoms with E-state index in [2.05, 4.69) is 15.4 Å². The Balaban J connectivity index is 1.71. The topological polar surface area (TPSA) is 76.7 Å². The molecule has 6 nitrogen and oxygen atoms in total. The molecule has 0 spiro atoms. The zero-order chi connectivity index (χ0) is 17.4. The minimum atomic E-state index is -0.397. The SMILES string of the molecule is COC(=O)c1ccc(CNC(=O)NCOc2ccc(Cl)cc2)cc1. The van der Waals surface area contributed by atoms with Crippen molar-refractivity contribution in [3.63, 3.8) is 0 Å². The number of methoxy groups -OCH3 is 1. The molecule has 24 heavy (non-hydrogen) atoms. The fourth-order valence-electron chi connectivity index (χ4n) is 1.84. The summed E-state index contributed by atoms with van der Waals surface area (Å²) in [4.78, 5) is 23.0. The highest BCUT2D eigenvalue weighted by Crippen LogP contribution is 2.14. The van der Waals surface area contributed by atoms with E-state index in [0.29, 0.717) is 22.9 Å². The van der Waals surface area contributed by atoms with Gasteiger partial charge in [-0.05, 0) is 42.0 Å². The third-order valence-corrected chi connectivity index (χ3v) is 3.37. The van der Waals surface area contributed by atoms with Gasteiger partial charge in [0, 0.05) is 11.6 Å². The second kappa shape index (κ2) is 8.79. The van der Waals surface area contributed by atoms with Crippen molar-refractivity contribution in [3.8, 4) is 5.75 Å². The van der Waals surface area contributed by atoms with E-state index in [0.717, 1.165) is 5.56 Å². The molecule has 2 amide bonds. The summed E-state index contributed by atoms with van der Waals surface area (Å²) >= 11 is 5.77. The summed E-state index contributed by atoms with van der Waals surface area (Å²) in [5.41, 5.74) is 1.32. The van der Waals surface area contributed by atoms with Crippen LogP contribution in [-0.4, -0.2) is 25.8 Å². The first kappa shape index (κ1) is 17.6. The van der Waals surface area contributed by atoms with E-state index in [9.17, 15) is 9.59 Å². The van der Waals surface area contributed by atoms with Crippen molar-refractivity contribution in [1.82, 2.24) is 10.6 Å². The lowest BCUT2D eigenvalue weighted by molar-refractivity contribution is 0.0600. The molecule has 2 N–H and O–H groups in total. The third kappa shape index (κ3) is 5.48. The highest BCUT2D eigenvalue weighted by molar-refractivity contribution is 6.30. The number of carbonyl (C=O) groups is 2. The normalized spacial score (nSPS) is 9.92. The quantitative estimate of drug-likeness (QED) is 0.621. The average Bonchev–Trinajstić information content (AvgIpc) is 2.61. The zero-order valence-electron chi connectivity index (χ0n) is 13.0. The maximum atomic E-state index is 11.7. The molecular formula is C17H17ClN2O4. The van der Waals surface area contributed by atoms with Gasteiger partial charge < -0.3 is 20.1 Å². The Morgan fingerprint density at radius 2 is 1.67 bits per heavy atom. The number of hydrogen-bond acceptors (Lipinski definition) is 4. The Labute approximate surface area is 144 Å². The molecule has 0 heterocycles. The Morgan fingerprint density at radius 1 is 1.00 bits per heavy atom. The van der Waals surface area contributed by atoms with Gasteiger partial charge in [0.25, 0.3) is 0 Å². The Hall–Kier alpha value is -2.73. The van der Waals surface area contributed by atoms with Crippen LogP contribution in [-0.2, 0) is 11.3 Å². The summed E-state index contributed by atoms with van der Waals surface area (Å²) in [5.74, 6) is 0.213. The van der Waals surface area contributed by atoms with Crippen molar-refractivity contribution in [2.75, 3.05) is 13.8 Å². The minimum absolute atomic E-state index is 0.0365. The maximum Gasteiger partial charge on any atom is 0.337 e. The highest BCUT2D eigenvalue weighted by Gasteiger charge is 2.05. The highest BCUT2D eigenvalue weighted by atomic mass is 35.5. The molecule has 7 heteroatoms. The minimum Gasteiger partial charge on any atom is -0.473 e. The fraction of sp³-hybridized carbons (Fsp3) is 0.176. The molecule has 0 saturated heterocycles. The molecule has 0 radical (unpaired) electrons. The number of carbonyl (C=O) groups excluding carboxylic acids is 2. The van der Waals surface area contributed by atoms with Crippen LogP contribution in [0, 0.1) is 0 Å². The van der Waals surface area contributed by atoms with Crippen LogP contribution in [0.2, 0.25) is 5.02 Å². The predicted octanol–water partition coefficient (Wildman–Crippen LogP) is 2.96. The van der Waals surface area contributed by atoms with Crippen molar-refractivity contribution < 1.29 is 19.1 Å². The van der Waals surface area contributed by atoms with Gasteiger partial charge in [-0.15, -0.1) is 0 Å². The maximum absolute atomic E-state index is 11.7. The van der Waals surface area contributed by atoms with E-state index < -0.39 is 5.97 Å². The van der Waals surface area contributed by atoms with Gasteiger partial charge >= 0.3 is 12.0 Å². The zero-order valence-corrected chi connectivity index (χ0v) is 13.8. The van der Waals surface area contributed by atoms with Crippen LogP contribution >= 0.6 is 11.6 Å². The summed E-state index contributed by atoms with van der Waals surface area (Å²) in [5, 5.41) is 5.88. The summed E-state index contributed by atoms with van der Waals surface area (Å²) in [6.07, 6.45) is 0. The first-order valence-corrected chi connectivity index (χ1v) is 7.53. The van der Waals surface area contributed by atoms with Gasteiger partial charge in [0.15, 0.2) is 6.73 Å². The van der Waals surface area contributed by atoms with Crippen LogP contribution in [0.1, 0.15) is 15.9 Å². The van der Waals surface area contributed by atoms with Crippen LogP contribution in [0.5, 0.6) is 5.75 Å². The Bertz CT molecular complexity index is 687. The standard InChI is InChI=1S/C17H17ClN2O4/c1-23-16(21)13-4-2-12(3-5-13)10-19-17(22)20-11-24-15-8-6-14(18)7-9-15/h2-9H,10-11H2,1H3,(H2,19,20,22). The van der Waals surface area contributed by atoms with E-state index in [1.165, 1.54) is 7.11 Å². The van der Waals surface area contributed by atoms with E-state index in [1.54, 1.807) is 48.5 Å². The lowest BCUT2D eigenvalue weighted by Crippen LogP contribution is -2.37.